The third-order valence-corrected chi connectivity index (χ3v) is 11.7. The maximum Gasteiger partial charge on any atom is 0.0452 e. The second-order valence-corrected chi connectivity index (χ2v) is 15.0. The Labute approximate surface area is 339 Å². The van der Waals surface area contributed by atoms with Gasteiger partial charge in [-0.1, -0.05) is 134 Å². The summed E-state index contributed by atoms with van der Waals surface area (Å²) in [5, 5.41) is 26.7. The summed E-state index contributed by atoms with van der Waals surface area (Å²) in [7, 11) is 0. The summed E-state index contributed by atoms with van der Waals surface area (Å²) in [6, 6.07) is 54.0. The Kier molecular flexibility index (Phi) is 12.7. The van der Waals surface area contributed by atoms with E-state index in [4.69, 9.17) is 10.2 Å². The molecule has 0 spiro atoms. The van der Waals surface area contributed by atoms with Crippen molar-refractivity contribution in [1.29, 1.82) is 0 Å². The second-order valence-electron chi connectivity index (χ2n) is 15.0. The summed E-state index contributed by atoms with van der Waals surface area (Å²) < 4.78 is 0. The van der Waals surface area contributed by atoms with Crippen LogP contribution < -0.4 is 0 Å². The SMILES string of the molecule is OCCCO.[Hf].c1ccc2c(-c3cccc4[cH-]c(C5CCCC5)cc34)cccc2c1.c1ccc2c(-c3cccc4[cH-]c(C5CCCC5)cc34)cccc2c1. The van der Waals surface area contributed by atoms with Gasteiger partial charge in [-0.05, 0) is 76.6 Å². The number of aliphatic hydroxyl groups excluding tert-OH is 2. The maximum atomic E-state index is 7.91. The monoisotopic (exact) mass is 874 g/mol. The van der Waals surface area contributed by atoms with E-state index in [1.807, 2.05) is 0 Å². The minimum atomic E-state index is 0. The largest absolute Gasteiger partial charge is 0.396 e. The molecule has 54 heavy (non-hydrogen) atoms. The molecule has 2 saturated carbocycles. The molecule has 0 saturated heterocycles. The number of aliphatic hydroxyl groups is 2. The van der Waals surface area contributed by atoms with Crippen molar-refractivity contribution in [3.8, 4) is 22.3 Å². The molecule has 2 nitrogen and oxygen atoms in total. The molecule has 2 aliphatic carbocycles. The first-order valence-corrected chi connectivity index (χ1v) is 19.8. The molecular formula is C51H50HfO2-2. The molecule has 0 atom stereocenters. The number of fused-ring (bicyclic) bond motifs is 4. The van der Waals surface area contributed by atoms with Crippen LogP contribution in [-0.4, -0.2) is 23.4 Å². The molecule has 2 N–H and O–H groups in total. The van der Waals surface area contributed by atoms with Crippen LogP contribution in [0.3, 0.4) is 0 Å². The second kappa shape index (κ2) is 18.0. The molecule has 0 aromatic heterocycles. The van der Waals surface area contributed by atoms with E-state index in [1.165, 1.54) is 117 Å². The minimum Gasteiger partial charge on any atom is -0.396 e. The van der Waals surface area contributed by atoms with Gasteiger partial charge in [-0.15, -0.1) is 69.1 Å². The van der Waals surface area contributed by atoms with E-state index in [9.17, 15) is 0 Å². The topological polar surface area (TPSA) is 40.5 Å². The third-order valence-electron chi connectivity index (χ3n) is 11.7. The molecule has 3 heteroatoms. The first kappa shape index (κ1) is 38.1. The van der Waals surface area contributed by atoms with Crippen LogP contribution in [0.2, 0.25) is 0 Å². The third kappa shape index (κ3) is 8.10. The average Bonchev–Trinajstić information content (AvgIpc) is 4.05. The van der Waals surface area contributed by atoms with Crippen molar-refractivity contribution in [1.82, 2.24) is 0 Å². The molecule has 8 aromatic rings. The predicted octanol–water partition coefficient (Wildman–Crippen LogP) is 13.4. The van der Waals surface area contributed by atoms with Crippen molar-refractivity contribution in [2.75, 3.05) is 13.2 Å². The molecule has 272 valence electrons. The van der Waals surface area contributed by atoms with E-state index in [2.05, 4.69) is 146 Å². The van der Waals surface area contributed by atoms with Gasteiger partial charge in [-0.2, -0.15) is 12.1 Å². The normalized spacial score (nSPS) is 14.6. The molecule has 0 amide bonds. The molecule has 0 unspecified atom stereocenters. The summed E-state index contributed by atoms with van der Waals surface area (Å²) in [4.78, 5) is 0. The molecular weight excluding hydrogens is 823 g/mol. The van der Waals surface area contributed by atoms with Crippen LogP contribution in [0.25, 0.3) is 65.3 Å². The van der Waals surface area contributed by atoms with Crippen LogP contribution in [0, 0.1) is 0 Å². The van der Waals surface area contributed by atoms with Crippen LogP contribution in [0.4, 0.5) is 0 Å². The quantitative estimate of drug-likeness (QED) is 0.129. The molecule has 10 rings (SSSR count). The minimum absolute atomic E-state index is 0. The van der Waals surface area contributed by atoms with Crippen LogP contribution in [0.1, 0.15) is 80.8 Å². The first-order valence-electron chi connectivity index (χ1n) is 19.8. The standard InChI is InChI=1S/2C24H21.C3H8O2.Hf/c2*1-2-8-17(7-1)20-15-19-11-6-14-23(24(19)16-20)22-13-5-10-18-9-3-4-12-21(18)22;4-2-1-3-5;/h2*3-6,9-17H,1-2,7-8H2;4-5H,1-3H2;/q2*-1;;. The van der Waals surface area contributed by atoms with E-state index in [-0.39, 0.29) is 39.1 Å². The van der Waals surface area contributed by atoms with Gasteiger partial charge in [-0.3, -0.25) is 0 Å². The van der Waals surface area contributed by atoms with Crippen molar-refractivity contribution < 1.29 is 36.1 Å². The fourth-order valence-corrected chi connectivity index (χ4v) is 8.97. The van der Waals surface area contributed by atoms with E-state index >= 15 is 0 Å². The first-order chi connectivity index (χ1) is 26.2. The molecule has 0 radical (unpaired) electrons. The molecule has 0 heterocycles. The Morgan fingerprint density at radius 1 is 0.426 bits per heavy atom. The van der Waals surface area contributed by atoms with Crippen LogP contribution in [0.5, 0.6) is 0 Å². The van der Waals surface area contributed by atoms with Crippen LogP contribution in [-0.2, 0) is 25.8 Å². The van der Waals surface area contributed by atoms with Crippen LogP contribution in [0.15, 0.2) is 146 Å². The Balaban J connectivity index is 0.000000146. The van der Waals surface area contributed by atoms with Crippen molar-refractivity contribution in [2.45, 2.75) is 69.6 Å². The Morgan fingerprint density at radius 3 is 1.17 bits per heavy atom. The van der Waals surface area contributed by atoms with Gasteiger partial charge < -0.3 is 10.2 Å². The van der Waals surface area contributed by atoms with E-state index in [1.54, 1.807) is 11.1 Å². The van der Waals surface area contributed by atoms with Crippen LogP contribution >= 0.6 is 0 Å². The van der Waals surface area contributed by atoms with Gasteiger partial charge in [0.2, 0.25) is 0 Å². The summed E-state index contributed by atoms with van der Waals surface area (Å²) in [5.41, 5.74) is 8.54. The zero-order chi connectivity index (χ0) is 36.0. The van der Waals surface area contributed by atoms with Gasteiger partial charge in [0.05, 0.1) is 0 Å². The number of rotatable bonds is 6. The predicted molar refractivity (Wildman–Crippen MR) is 226 cm³/mol. The molecule has 0 bridgehead atoms. The summed E-state index contributed by atoms with van der Waals surface area (Å²) in [6.07, 6.45) is 11.5. The van der Waals surface area contributed by atoms with Crippen molar-refractivity contribution in [3.05, 3.63) is 157 Å². The van der Waals surface area contributed by atoms with E-state index in [0.717, 1.165) is 11.8 Å². The number of hydrogen-bond donors (Lipinski definition) is 2. The van der Waals surface area contributed by atoms with Gasteiger partial charge in [0.1, 0.15) is 0 Å². The smallest absolute Gasteiger partial charge is 0.0452 e. The Hall–Kier alpha value is -4.15. The zero-order valence-electron chi connectivity index (χ0n) is 31.2. The van der Waals surface area contributed by atoms with Gasteiger partial charge in [0.15, 0.2) is 0 Å². The molecule has 2 fully saturated rings. The average molecular weight is 873 g/mol. The number of hydrogen-bond acceptors (Lipinski definition) is 2. The van der Waals surface area contributed by atoms with Gasteiger partial charge in [0.25, 0.3) is 0 Å². The fraction of sp³-hybridized carbons (Fsp3) is 0.255. The maximum absolute atomic E-state index is 7.91. The number of benzene rings is 6. The Morgan fingerprint density at radius 2 is 0.778 bits per heavy atom. The summed E-state index contributed by atoms with van der Waals surface area (Å²) >= 11 is 0. The van der Waals surface area contributed by atoms with Gasteiger partial charge in [0, 0.05) is 39.1 Å². The molecule has 8 aromatic carbocycles. The Bertz CT molecular complexity index is 2250. The zero-order valence-corrected chi connectivity index (χ0v) is 34.8. The van der Waals surface area contributed by atoms with Crippen molar-refractivity contribution in [3.63, 3.8) is 0 Å². The van der Waals surface area contributed by atoms with E-state index in [0.29, 0.717) is 6.42 Å². The molecule has 0 aliphatic heterocycles. The van der Waals surface area contributed by atoms with Crippen molar-refractivity contribution in [2.24, 2.45) is 0 Å². The van der Waals surface area contributed by atoms with Gasteiger partial charge >= 0.3 is 0 Å². The summed E-state index contributed by atoms with van der Waals surface area (Å²) in [5.74, 6) is 1.55. The molecule has 2 aliphatic rings. The fourth-order valence-electron chi connectivity index (χ4n) is 8.97. The van der Waals surface area contributed by atoms with E-state index < -0.39 is 0 Å². The van der Waals surface area contributed by atoms with Crippen molar-refractivity contribution >= 4 is 43.1 Å². The van der Waals surface area contributed by atoms with Gasteiger partial charge in [-0.25, -0.2) is 0 Å². The summed E-state index contributed by atoms with van der Waals surface area (Å²) in [6.45, 7) is 0.188.